The molecule has 336 valence electrons. The van der Waals surface area contributed by atoms with Gasteiger partial charge in [0, 0.05) is 42.0 Å². The Morgan fingerprint density at radius 3 is 2.51 bits per heavy atom. The zero-order valence-electron chi connectivity index (χ0n) is 36.6. The molecule has 3 N–H and O–H groups in total. The lowest BCUT2D eigenvalue weighted by atomic mass is 9.98. The number of ether oxygens (including phenoxy) is 5. The molecule has 0 spiro atoms. The summed E-state index contributed by atoms with van der Waals surface area (Å²) in [4.78, 5) is 67.4. The first-order chi connectivity index (χ1) is 29.9. The van der Waals surface area contributed by atoms with Gasteiger partial charge in [0.2, 0.25) is 5.91 Å². The molecule has 0 saturated carbocycles. The minimum atomic E-state index is -2.23. The Hall–Kier alpha value is -5.51. The van der Waals surface area contributed by atoms with Crippen LogP contribution in [0.15, 0.2) is 92.6 Å². The number of methoxy groups -OCH3 is 2. The lowest BCUT2D eigenvalue weighted by Crippen LogP contribution is -2.57. The first kappa shape index (κ1) is 45.5. The number of imidazole rings is 1. The number of benzene rings is 2. The number of carbonyl (C=O) groups excluding carboxylic acids is 2. The first-order valence-corrected chi connectivity index (χ1v) is 24.2. The van der Waals surface area contributed by atoms with E-state index in [0.29, 0.717) is 33.5 Å². The highest BCUT2D eigenvalue weighted by atomic mass is 32.2. The summed E-state index contributed by atoms with van der Waals surface area (Å²) >= 11 is 1.29. The van der Waals surface area contributed by atoms with Gasteiger partial charge in [-0.3, -0.25) is 23.9 Å². The van der Waals surface area contributed by atoms with Crippen molar-refractivity contribution in [2.24, 2.45) is 0 Å². The van der Waals surface area contributed by atoms with Gasteiger partial charge in [0.1, 0.15) is 41.4 Å². The van der Waals surface area contributed by atoms with Crippen LogP contribution in [0.4, 0.5) is 5.69 Å². The zero-order valence-corrected chi connectivity index (χ0v) is 38.4. The second kappa shape index (κ2) is 18.3. The number of hydrogen-bond acceptors (Lipinski definition) is 14. The molecule has 20 heteroatoms. The standard InChI is InChI=1S/C43H53N7O11SSi/c1-42(2,3)63(8,9)57-23-26-12-10-11-13-29(26)47-37(52)33(34-35-36(60-43(4,5)59-35)39(58-34)49-19-16-32(51)48-41(49)54)50(22-25-14-15-27(55-6)20-30(25)56-7)38(53)28-21-46-61-31(28)24-62-40-44-17-18-45-40/h10-21,33-36,39H,22-24H2,1-9H3,(H,44,45)(H,47,52)(H,48,51,54)/t33?,34-,35-,36-,39-/m1/s1. The van der Waals surface area contributed by atoms with Gasteiger partial charge >= 0.3 is 5.69 Å². The maximum absolute atomic E-state index is 15.5. The number of carbonyl (C=O) groups is 2. The van der Waals surface area contributed by atoms with Crippen LogP contribution in [-0.2, 0) is 42.3 Å². The zero-order chi connectivity index (χ0) is 45.3. The van der Waals surface area contributed by atoms with Gasteiger partial charge in [-0.05, 0) is 55.7 Å². The van der Waals surface area contributed by atoms with Crippen molar-refractivity contribution in [3.8, 4) is 11.5 Å². The summed E-state index contributed by atoms with van der Waals surface area (Å²) in [5, 5.41) is 7.63. The van der Waals surface area contributed by atoms with E-state index in [1.807, 2.05) is 12.1 Å². The summed E-state index contributed by atoms with van der Waals surface area (Å²) in [5.74, 6) is -1.22. The normalized spacial score (nSPS) is 20.0. The number of aromatic amines is 2. The summed E-state index contributed by atoms with van der Waals surface area (Å²) in [6.45, 7) is 14.2. The van der Waals surface area contributed by atoms with Crippen molar-refractivity contribution in [2.45, 2.75) is 113 Å². The third-order valence-corrected chi connectivity index (χ3v) is 16.9. The molecular weight excluding hydrogens is 851 g/mol. The molecule has 2 saturated heterocycles. The van der Waals surface area contributed by atoms with E-state index in [1.165, 1.54) is 53.9 Å². The molecule has 0 aliphatic carbocycles. The number of thioether (sulfide) groups is 1. The number of rotatable bonds is 16. The topological polar surface area (TPSA) is 214 Å². The molecule has 2 aliphatic heterocycles. The van der Waals surface area contributed by atoms with Crippen molar-refractivity contribution in [3.63, 3.8) is 0 Å². The molecule has 2 amide bonds. The minimum Gasteiger partial charge on any atom is -0.497 e. The lowest BCUT2D eigenvalue weighted by Gasteiger charge is -2.37. The maximum Gasteiger partial charge on any atom is 0.330 e. The molecular formula is C43H53N7O11SSi. The van der Waals surface area contributed by atoms with Gasteiger partial charge in [0.05, 0.1) is 39.3 Å². The van der Waals surface area contributed by atoms with E-state index in [1.54, 1.807) is 56.6 Å². The number of nitrogens with zero attached hydrogens (tertiary/aromatic N) is 4. The molecule has 2 aliphatic rings. The van der Waals surface area contributed by atoms with Gasteiger partial charge < -0.3 is 47.8 Å². The summed E-state index contributed by atoms with van der Waals surface area (Å²) in [7, 11) is 0.783. The van der Waals surface area contributed by atoms with Crippen molar-refractivity contribution < 1.29 is 42.2 Å². The van der Waals surface area contributed by atoms with Gasteiger partial charge in [-0.1, -0.05) is 55.9 Å². The average molecular weight is 904 g/mol. The molecule has 5 heterocycles. The smallest absolute Gasteiger partial charge is 0.330 e. The van der Waals surface area contributed by atoms with E-state index in [9.17, 15) is 9.59 Å². The molecule has 63 heavy (non-hydrogen) atoms. The van der Waals surface area contributed by atoms with E-state index >= 15 is 9.59 Å². The second-order valence-electron chi connectivity index (χ2n) is 17.2. The second-order valence-corrected chi connectivity index (χ2v) is 22.9. The molecule has 7 rings (SSSR count). The Balaban J connectivity index is 1.36. The summed E-state index contributed by atoms with van der Waals surface area (Å²) in [5.41, 5.74) is 0.380. The predicted octanol–water partition coefficient (Wildman–Crippen LogP) is 5.85. The van der Waals surface area contributed by atoms with Crippen LogP contribution in [0.2, 0.25) is 18.1 Å². The Morgan fingerprint density at radius 2 is 1.81 bits per heavy atom. The number of para-hydroxylation sites is 1. The highest BCUT2D eigenvalue weighted by Crippen LogP contribution is 2.45. The predicted molar refractivity (Wildman–Crippen MR) is 234 cm³/mol. The number of fused-ring (bicyclic) bond motifs is 1. The molecule has 3 aromatic heterocycles. The fourth-order valence-corrected chi connectivity index (χ4v) is 8.97. The first-order valence-electron chi connectivity index (χ1n) is 20.3. The molecule has 18 nitrogen and oxygen atoms in total. The Morgan fingerprint density at radius 1 is 1.05 bits per heavy atom. The summed E-state index contributed by atoms with van der Waals surface area (Å²) in [6, 6.07) is 12.1. The van der Waals surface area contributed by atoms with Gasteiger partial charge in [-0.15, -0.1) is 0 Å². The van der Waals surface area contributed by atoms with Crippen molar-refractivity contribution in [2.75, 3.05) is 19.5 Å². The molecule has 0 radical (unpaired) electrons. The van der Waals surface area contributed by atoms with Crippen molar-refractivity contribution >= 4 is 37.6 Å². The Bertz CT molecular complexity index is 2530. The molecule has 0 bridgehead atoms. The van der Waals surface area contributed by atoms with E-state index in [2.05, 4.69) is 59.3 Å². The number of H-pyrrole nitrogens is 2. The van der Waals surface area contributed by atoms with Gasteiger partial charge in [-0.25, -0.2) is 9.78 Å². The van der Waals surface area contributed by atoms with Crippen LogP contribution in [0.25, 0.3) is 0 Å². The third kappa shape index (κ3) is 9.85. The van der Waals surface area contributed by atoms with Crippen molar-refractivity contribution in [1.82, 2.24) is 29.6 Å². The summed E-state index contributed by atoms with van der Waals surface area (Å²) < 4.78 is 44.3. The van der Waals surface area contributed by atoms with Gasteiger partial charge in [0.15, 0.2) is 31.2 Å². The van der Waals surface area contributed by atoms with Crippen LogP contribution < -0.4 is 26.0 Å². The lowest BCUT2D eigenvalue weighted by molar-refractivity contribution is -0.203. The van der Waals surface area contributed by atoms with E-state index in [0.717, 1.165) is 0 Å². The third-order valence-electron chi connectivity index (χ3n) is 11.6. The number of amides is 2. The van der Waals surface area contributed by atoms with Gasteiger partial charge in [-0.2, -0.15) is 0 Å². The average Bonchev–Trinajstić information content (AvgIpc) is 4.05. The fourth-order valence-electron chi connectivity index (χ4n) is 7.25. The molecule has 2 aromatic carbocycles. The highest BCUT2D eigenvalue weighted by Gasteiger charge is 2.60. The maximum atomic E-state index is 15.5. The fraction of sp³-hybridized carbons (Fsp3) is 0.442. The molecule has 5 aromatic rings. The highest BCUT2D eigenvalue weighted by molar-refractivity contribution is 7.98. The van der Waals surface area contributed by atoms with Crippen molar-refractivity contribution in [1.29, 1.82) is 0 Å². The summed E-state index contributed by atoms with van der Waals surface area (Å²) in [6.07, 6.45) is 1.40. The Labute approximate surface area is 369 Å². The molecule has 2 fully saturated rings. The quantitative estimate of drug-likeness (QED) is 0.0784. The number of anilines is 1. The molecule has 5 atom stereocenters. The number of nitrogens with one attached hydrogen (secondary N) is 3. The number of hydrogen-bond donors (Lipinski definition) is 3. The van der Waals surface area contributed by atoms with Crippen molar-refractivity contribution in [3.05, 3.63) is 117 Å². The number of aromatic nitrogens is 5. The van der Waals surface area contributed by atoms with E-state index < -0.39 is 67.7 Å². The van der Waals surface area contributed by atoms with E-state index in [-0.39, 0.29) is 35.3 Å². The Kier molecular flexibility index (Phi) is 13.2. The monoisotopic (exact) mass is 903 g/mol. The van der Waals surface area contributed by atoms with Crippen LogP contribution in [0.1, 0.15) is 68.1 Å². The van der Waals surface area contributed by atoms with Crippen LogP contribution in [0, 0.1) is 0 Å². The molecule has 1 unspecified atom stereocenters. The van der Waals surface area contributed by atoms with Crippen LogP contribution in [0.3, 0.4) is 0 Å². The van der Waals surface area contributed by atoms with Gasteiger partial charge in [0.25, 0.3) is 11.5 Å². The van der Waals surface area contributed by atoms with Crippen LogP contribution in [-0.4, -0.2) is 94.1 Å². The van der Waals surface area contributed by atoms with Crippen LogP contribution in [0.5, 0.6) is 11.5 Å². The minimum absolute atomic E-state index is 0.0747. The largest absolute Gasteiger partial charge is 0.497 e. The SMILES string of the molecule is COc1ccc(CN(C(=O)c2cnoc2CSc2ncc[nH]2)C(C(=O)Nc2ccccc2CO[Si](C)(C)C(C)(C)C)[C@H]2O[C@@H](n3ccc(=O)[nH]c3=O)[C@@H]3OC(C)(C)O[C@@H]32)c(OC)c1. The van der Waals surface area contributed by atoms with E-state index in [4.69, 9.17) is 32.6 Å². The van der Waals surface area contributed by atoms with Crippen LogP contribution >= 0.6 is 11.8 Å².